The molecule has 0 saturated heterocycles. The highest BCUT2D eigenvalue weighted by atomic mass is 15.1. The maximum absolute atomic E-state index is 2.62. The summed E-state index contributed by atoms with van der Waals surface area (Å²) in [6.07, 6.45) is 5.11. The topological polar surface area (TPSA) is 3.24 Å². The Morgan fingerprint density at radius 1 is 1.00 bits per heavy atom. The minimum Gasteiger partial charge on any atom is -0.299 e. The summed E-state index contributed by atoms with van der Waals surface area (Å²) in [7, 11) is 0. The highest BCUT2D eigenvalue weighted by Gasteiger charge is 2.12. The molecule has 0 spiro atoms. The van der Waals surface area contributed by atoms with E-state index >= 15 is 0 Å². The number of hydrogen-bond acceptors (Lipinski definition) is 1. The van der Waals surface area contributed by atoms with E-state index in [1.807, 2.05) is 13.8 Å². The molecule has 0 aliphatic carbocycles. The third-order valence-corrected chi connectivity index (χ3v) is 4.57. The molecule has 0 aliphatic rings. The molecule has 1 rings (SSSR count). The first-order valence-corrected chi connectivity index (χ1v) is 9.45. The molecular formula is C21H39N. The quantitative estimate of drug-likeness (QED) is 0.522. The van der Waals surface area contributed by atoms with Gasteiger partial charge in [0.15, 0.2) is 0 Å². The lowest BCUT2D eigenvalue weighted by molar-refractivity contribution is 0.222. The van der Waals surface area contributed by atoms with E-state index in [9.17, 15) is 0 Å². The van der Waals surface area contributed by atoms with Crippen molar-refractivity contribution in [2.45, 2.75) is 80.7 Å². The molecule has 22 heavy (non-hydrogen) atoms. The summed E-state index contributed by atoms with van der Waals surface area (Å²) in [5.74, 6) is 0.856. The van der Waals surface area contributed by atoms with Crippen LogP contribution in [-0.2, 0) is 13.0 Å². The SMILES string of the molecule is CC.CCCC(CC)CN(CC)Cc1cccc(CC)c1C. The van der Waals surface area contributed by atoms with Crippen molar-refractivity contribution >= 4 is 0 Å². The van der Waals surface area contributed by atoms with E-state index in [2.05, 4.69) is 57.7 Å². The van der Waals surface area contributed by atoms with Crippen LogP contribution in [0.2, 0.25) is 0 Å². The molecule has 1 aromatic carbocycles. The smallest absolute Gasteiger partial charge is 0.0236 e. The standard InChI is InChI=1S/C19H33N.C2H6/c1-6-11-17(7-2)14-20(9-4)15-19-13-10-12-18(8-3)16(19)5;1-2/h10,12-13,17H,6-9,11,14-15H2,1-5H3;1-2H3. The predicted octanol–water partition coefficient (Wildman–Crippen LogP) is 6.23. The Hall–Kier alpha value is -0.820. The molecule has 1 aromatic rings. The highest BCUT2D eigenvalue weighted by Crippen LogP contribution is 2.19. The average Bonchev–Trinajstić information content (AvgIpc) is 2.57. The number of hydrogen-bond donors (Lipinski definition) is 0. The van der Waals surface area contributed by atoms with Crippen molar-refractivity contribution in [2.75, 3.05) is 13.1 Å². The third kappa shape index (κ3) is 6.96. The molecule has 0 heterocycles. The van der Waals surface area contributed by atoms with Gasteiger partial charge in [-0.15, -0.1) is 0 Å². The minimum atomic E-state index is 0.856. The lowest BCUT2D eigenvalue weighted by atomic mass is 9.98. The van der Waals surface area contributed by atoms with E-state index in [-0.39, 0.29) is 0 Å². The van der Waals surface area contributed by atoms with Gasteiger partial charge < -0.3 is 0 Å². The molecule has 1 unspecified atom stereocenters. The summed E-state index contributed by atoms with van der Waals surface area (Å²) in [5, 5.41) is 0. The molecule has 1 nitrogen and oxygen atoms in total. The maximum Gasteiger partial charge on any atom is 0.0236 e. The summed E-state index contributed by atoms with van der Waals surface area (Å²) < 4.78 is 0. The summed E-state index contributed by atoms with van der Waals surface area (Å²) >= 11 is 0. The second-order valence-electron chi connectivity index (χ2n) is 5.95. The molecule has 0 aromatic heterocycles. The summed E-state index contributed by atoms with van der Waals surface area (Å²) in [5.41, 5.74) is 4.51. The van der Waals surface area contributed by atoms with E-state index in [1.165, 1.54) is 42.5 Å². The summed E-state index contributed by atoms with van der Waals surface area (Å²) in [6, 6.07) is 6.79. The van der Waals surface area contributed by atoms with Gasteiger partial charge in [0.1, 0.15) is 0 Å². The molecule has 1 atom stereocenters. The Morgan fingerprint density at radius 2 is 1.64 bits per heavy atom. The summed E-state index contributed by atoms with van der Waals surface area (Å²) in [4.78, 5) is 2.62. The average molecular weight is 306 g/mol. The van der Waals surface area contributed by atoms with Crippen LogP contribution in [0.4, 0.5) is 0 Å². The van der Waals surface area contributed by atoms with Crippen LogP contribution in [0.15, 0.2) is 18.2 Å². The molecule has 0 radical (unpaired) electrons. The fourth-order valence-electron chi connectivity index (χ4n) is 3.04. The molecule has 0 aliphatic heterocycles. The molecule has 0 fully saturated rings. The van der Waals surface area contributed by atoms with Gasteiger partial charge in [0.25, 0.3) is 0 Å². The number of rotatable bonds is 9. The Bertz CT molecular complexity index is 383. The van der Waals surface area contributed by atoms with Crippen LogP contribution in [0.1, 0.15) is 77.5 Å². The van der Waals surface area contributed by atoms with Crippen LogP contribution in [0.5, 0.6) is 0 Å². The van der Waals surface area contributed by atoms with Crippen LogP contribution in [0.25, 0.3) is 0 Å². The van der Waals surface area contributed by atoms with Gasteiger partial charge in [-0.2, -0.15) is 0 Å². The van der Waals surface area contributed by atoms with Crippen LogP contribution < -0.4 is 0 Å². The third-order valence-electron chi connectivity index (χ3n) is 4.57. The van der Waals surface area contributed by atoms with E-state index in [1.54, 1.807) is 0 Å². The van der Waals surface area contributed by atoms with Crippen LogP contribution >= 0.6 is 0 Å². The van der Waals surface area contributed by atoms with Crippen molar-refractivity contribution < 1.29 is 0 Å². The van der Waals surface area contributed by atoms with Gasteiger partial charge in [0, 0.05) is 13.1 Å². The van der Waals surface area contributed by atoms with Gasteiger partial charge >= 0.3 is 0 Å². The van der Waals surface area contributed by atoms with Crippen molar-refractivity contribution in [1.82, 2.24) is 4.90 Å². The van der Waals surface area contributed by atoms with E-state index in [0.717, 1.165) is 25.4 Å². The van der Waals surface area contributed by atoms with Crippen LogP contribution in [-0.4, -0.2) is 18.0 Å². The zero-order valence-corrected chi connectivity index (χ0v) is 16.2. The second-order valence-corrected chi connectivity index (χ2v) is 5.95. The second kappa shape index (κ2) is 12.7. The first kappa shape index (κ1) is 21.2. The van der Waals surface area contributed by atoms with Gasteiger partial charge in [0.05, 0.1) is 0 Å². The zero-order chi connectivity index (χ0) is 17.0. The van der Waals surface area contributed by atoms with Crippen molar-refractivity contribution in [3.8, 4) is 0 Å². The van der Waals surface area contributed by atoms with E-state index in [4.69, 9.17) is 0 Å². The van der Waals surface area contributed by atoms with Crippen molar-refractivity contribution in [3.05, 3.63) is 34.9 Å². The van der Waals surface area contributed by atoms with Crippen molar-refractivity contribution in [3.63, 3.8) is 0 Å². The van der Waals surface area contributed by atoms with Crippen molar-refractivity contribution in [2.24, 2.45) is 5.92 Å². The minimum absolute atomic E-state index is 0.856. The summed E-state index contributed by atoms with van der Waals surface area (Å²) in [6.45, 7) is 19.0. The number of aryl methyl sites for hydroxylation is 1. The molecule has 128 valence electrons. The van der Waals surface area contributed by atoms with E-state index < -0.39 is 0 Å². The first-order chi connectivity index (χ1) is 10.7. The maximum atomic E-state index is 2.62. The van der Waals surface area contributed by atoms with Gasteiger partial charge in [-0.25, -0.2) is 0 Å². The monoisotopic (exact) mass is 305 g/mol. The van der Waals surface area contributed by atoms with Crippen molar-refractivity contribution in [1.29, 1.82) is 0 Å². The lowest BCUT2D eigenvalue weighted by Gasteiger charge is -2.26. The zero-order valence-electron chi connectivity index (χ0n) is 16.2. The highest BCUT2D eigenvalue weighted by molar-refractivity contribution is 5.34. The molecule has 0 saturated carbocycles. The van der Waals surface area contributed by atoms with Gasteiger partial charge in [0.2, 0.25) is 0 Å². The van der Waals surface area contributed by atoms with Gasteiger partial charge in [-0.3, -0.25) is 4.90 Å². The largest absolute Gasteiger partial charge is 0.299 e. The fourth-order valence-corrected chi connectivity index (χ4v) is 3.04. The molecular weight excluding hydrogens is 266 g/mol. The normalized spacial score (nSPS) is 12.0. The number of benzene rings is 1. The van der Waals surface area contributed by atoms with Crippen LogP contribution in [0.3, 0.4) is 0 Å². The van der Waals surface area contributed by atoms with Gasteiger partial charge in [-0.1, -0.05) is 72.6 Å². The van der Waals surface area contributed by atoms with E-state index in [0.29, 0.717) is 0 Å². The first-order valence-electron chi connectivity index (χ1n) is 9.45. The fraction of sp³-hybridized carbons (Fsp3) is 0.714. The Balaban J connectivity index is 0.00000211. The molecule has 0 N–H and O–H groups in total. The Kier molecular flexibility index (Phi) is 12.2. The molecule has 0 bridgehead atoms. The van der Waals surface area contributed by atoms with Gasteiger partial charge in [-0.05, 0) is 48.9 Å². The van der Waals surface area contributed by atoms with Crippen LogP contribution in [0, 0.1) is 12.8 Å². The lowest BCUT2D eigenvalue weighted by Crippen LogP contribution is -2.29. The molecule has 1 heteroatoms. The Morgan fingerprint density at radius 3 is 2.14 bits per heavy atom. The molecule has 0 amide bonds. The predicted molar refractivity (Wildman–Crippen MR) is 102 cm³/mol. The number of nitrogens with zero attached hydrogens (tertiary/aromatic N) is 1. The Labute approximate surface area is 140 Å².